The molecule has 1 aliphatic heterocycles. The van der Waals surface area contributed by atoms with E-state index in [9.17, 15) is 22.4 Å². The van der Waals surface area contributed by atoms with Crippen molar-refractivity contribution in [3.63, 3.8) is 0 Å². The molecule has 0 saturated carbocycles. The number of carboxylic acids is 1. The van der Waals surface area contributed by atoms with Gasteiger partial charge in [0.1, 0.15) is 5.82 Å². The molecule has 10 heteroatoms. The van der Waals surface area contributed by atoms with Crippen molar-refractivity contribution in [3.05, 3.63) is 89.2 Å². The molecule has 1 amide bonds. The van der Waals surface area contributed by atoms with Gasteiger partial charge in [0.2, 0.25) is 0 Å². The topological polar surface area (TPSA) is 116 Å². The first-order valence-electron chi connectivity index (χ1n) is 13.1. The molecule has 4 rings (SSSR count). The second-order valence-corrected chi connectivity index (χ2v) is 11.6. The van der Waals surface area contributed by atoms with E-state index in [-0.39, 0.29) is 17.1 Å². The molecule has 0 aromatic heterocycles. The number of hydrogen-bond acceptors (Lipinski definition) is 6. The summed E-state index contributed by atoms with van der Waals surface area (Å²) in [6.45, 7) is 5.98. The fraction of sp³-hybridized carbons (Fsp3) is 0.267. The van der Waals surface area contributed by atoms with Crippen LogP contribution in [0.4, 0.5) is 15.8 Å². The second-order valence-electron chi connectivity index (χ2n) is 9.48. The first-order valence-corrected chi connectivity index (χ1v) is 14.8. The van der Waals surface area contributed by atoms with Gasteiger partial charge in [-0.2, -0.15) is 0 Å². The fourth-order valence-electron chi connectivity index (χ4n) is 4.56. The van der Waals surface area contributed by atoms with Crippen LogP contribution in [0.5, 0.6) is 0 Å². The lowest BCUT2D eigenvalue weighted by Gasteiger charge is -2.18. The average molecular weight is 566 g/mol. The third-order valence-electron chi connectivity index (χ3n) is 6.90. The Morgan fingerprint density at radius 3 is 2.30 bits per heavy atom. The first-order chi connectivity index (χ1) is 19.1. The van der Waals surface area contributed by atoms with E-state index in [1.807, 2.05) is 13.8 Å². The van der Waals surface area contributed by atoms with Crippen molar-refractivity contribution < 1.29 is 27.5 Å². The van der Waals surface area contributed by atoms with Crippen LogP contribution in [0.2, 0.25) is 0 Å². The molecule has 0 fully saturated rings. The number of fused-ring (bicyclic) bond motifs is 1. The summed E-state index contributed by atoms with van der Waals surface area (Å²) in [7, 11) is -3.48. The van der Waals surface area contributed by atoms with Crippen LogP contribution in [0.25, 0.3) is 11.3 Å². The Morgan fingerprint density at radius 2 is 1.68 bits per heavy atom. The lowest BCUT2D eigenvalue weighted by Crippen LogP contribution is -2.29. The van der Waals surface area contributed by atoms with E-state index in [2.05, 4.69) is 15.5 Å². The van der Waals surface area contributed by atoms with Crippen LogP contribution in [0.1, 0.15) is 37.0 Å². The molecule has 0 bridgehead atoms. The SMILES string of the molecule is CCN(CC)CCS(=O)(=O)c1ccc(N/C(=C2\C(=O)Nc3cc(F)ccc32)c2ccc(CCC(=O)O)cc2)cc1. The summed E-state index contributed by atoms with van der Waals surface area (Å²) in [5.74, 6) is -1.76. The van der Waals surface area contributed by atoms with Gasteiger partial charge in [-0.1, -0.05) is 38.1 Å². The van der Waals surface area contributed by atoms with Crippen LogP contribution in [0.3, 0.4) is 0 Å². The van der Waals surface area contributed by atoms with Gasteiger partial charge in [0.25, 0.3) is 5.91 Å². The van der Waals surface area contributed by atoms with E-state index in [4.69, 9.17) is 5.11 Å². The summed E-state index contributed by atoms with van der Waals surface area (Å²) in [6.07, 6.45) is 0.360. The quantitative estimate of drug-likeness (QED) is 0.268. The van der Waals surface area contributed by atoms with E-state index in [1.54, 1.807) is 36.4 Å². The third-order valence-corrected chi connectivity index (χ3v) is 8.61. The van der Waals surface area contributed by atoms with Crippen molar-refractivity contribution in [1.82, 2.24) is 4.90 Å². The zero-order valence-corrected chi connectivity index (χ0v) is 23.2. The first kappa shape index (κ1) is 29.0. The van der Waals surface area contributed by atoms with Crippen LogP contribution >= 0.6 is 0 Å². The summed E-state index contributed by atoms with van der Waals surface area (Å²) in [6, 6.07) is 17.6. The smallest absolute Gasteiger partial charge is 0.303 e. The van der Waals surface area contributed by atoms with Crippen LogP contribution < -0.4 is 10.6 Å². The van der Waals surface area contributed by atoms with Crippen molar-refractivity contribution in [1.29, 1.82) is 0 Å². The largest absolute Gasteiger partial charge is 0.481 e. The molecule has 0 aliphatic carbocycles. The second kappa shape index (κ2) is 12.4. The van der Waals surface area contributed by atoms with E-state index >= 15 is 0 Å². The van der Waals surface area contributed by atoms with Crippen molar-refractivity contribution in [3.8, 4) is 0 Å². The number of nitrogens with zero attached hydrogens (tertiary/aromatic N) is 1. The number of carbonyl (C=O) groups excluding carboxylic acids is 1. The van der Waals surface area contributed by atoms with Crippen molar-refractivity contribution in [2.45, 2.75) is 31.6 Å². The van der Waals surface area contributed by atoms with Crippen molar-refractivity contribution >= 4 is 44.4 Å². The van der Waals surface area contributed by atoms with Gasteiger partial charge in [0, 0.05) is 24.2 Å². The number of carboxylic acid groups (broad SMARTS) is 1. The Kier molecular flexibility index (Phi) is 9.01. The maximum atomic E-state index is 13.9. The molecule has 40 heavy (non-hydrogen) atoms. The maximum Gasteiger partial charge on any atom is 0.303 e. The Hall–Kier alpha value is -4.02. The van der Waals surface area contributed by atoms with Gasteiger partial charge in [-0.3, -0.25) is 9.59 Å². The highest BCUT2D eigenvalue weighted by Gasteiger charge is 2.29. The molecular formula is C30H32FN3O5S. The van der Waals surface area contributed by atoms with Crippen molar-refractivity contribution in [2.24, 2.45) is 0 Å². The highest BCUT2D eigenvalue weighted by atomic mass is 32.2. The van der Waals surface area contributed by atoms with Crippen LogP contribution in [0, 0.1) is 5.82 Å². The zero-order valence-electron chi connectivity index (χ0n) is 22.4. The van der Waals surface area contributed by atoms with Crippen LogP contribution in [-0.4, -0.2) is 55.7 Å². The lowest BCUT2D eigenvalue weighted by atomic mass is 9.98. The average Bonchev–Trinajstić information content (AvgIpc) is 3.26. The molecule has 1 aliphatic rings. The monoisotopic (exact) mass is 565 g/mol. The minimum absolute atomic E-state index is 0.00291. The van der Waals surface area contributed by atoms with Gasteiger partial charge in [0.05, 0.1) is 27.6 Å². The number of halogens is 1. The molecule has 3 aromatic carbocycles. The summed E-state index contributed by atoms with van der Waals surface area (Å²) in [4.78, 5) is 26.3. The molecule has 0 saturated heterocycles. The normalized spacial score (nSPS) is 14.2. The molecule has 1 heterocycles. The molecule has 210 valence electrons. The molecule has 0 radical (unpaired) electrons. The number of carbonyl (C=O) groups is 2. The number of sulfone groups is 1. The Balaban J connectivity index is 1.67. The lowest BCUT2D eigenvalue weighted by molar-refractivity contribution is -0.137. The van der Waals surface area contributed by atoms with E-state index < -0.39 is 27.5 Å². The minimum Gasteiger partial charge on any atom is -0.481 e. The number of amides is 1. The van der Waals surface area contributed by atoms with Gasteiger partial charge in [0.15, 0.2) is 9.84 Å². The summed E-state index contributed by atoms with van der Waals surface area (Å²) < 4.78 is 39.6. The molecular weight excluding hydrogens is 533 g/mol. The van der Waals surface area contributed by atoms with Crippen LogP contribution in [-0.2, 0) is 25.8 Å². The molecule has 0 spiro atoms. The predicted octanol–water partition coefficient (Wildman–Crippen LogP) is 4.89. The summed E-state index contributed by atoms with van der Waals surface area (Å²) in [5, 5.41) is 15.0. The summed E-state index contributed by atoms with van der Waals surface area (Å²) >= 11 is 0. The highest BCUT2D eigenvalue weighted by Crippen LogP contribution is 2.38. The molecule has 0 unspecified atom stereocenters. The van der Waals surface area contributed by atoms with Gasteiger partial charge >= 0.3 is 5.97 Å². The van der Waals surface area contributed by atoms with Gasteiger partial charge in [-0.25, -0.2) is 12.8 Å². The van der Waals surface area contributed by atoms with Gasteiger partial charge in [-0.15, -0.1) is 0 Å². The number of aryl methyl sites for hydroxylation is 1. The zero-order chi connectivity index (χ0) is 28.9. The Labute approximate surface area is 233 Å². The molecule has 3 aromatic rings. The van der Waals surface area contributed by atoms with E-state index in [0.717, 1.165) is 18.7 Å². The standard InChI is InChI=1S/C30H32FN3O5S/c1-3-34(4-2)17-18-40(38,39)24-13-11-23(12-14-24)32-29(21-8-5-20(6-9-21)7-16-27(35)36)28-25-15-10-22(31)19-26(25)33-30(28)37/h5-6,8-15,19,32H,3-4,7,16-18H2,1-2H3,(H,33,37)(H,35,36)/b29-28-. The van der Waals surface area contributed by atoms with Gasteiger partial charge in [-0.05, 0) is 73.1 Å². The van der Waals surface area contributed by atoms with Crippen molar-refractivity contribution in [2.75, 3.05) is 36.0 Å². The number of hydrogen-bond donors (Lipinski definition) is 3. The number of aliphatic carboxylic acids is 1. The maximum absolute atomic E-state index is 13.9. The molecule has 8 nitrogen and oxygen atoms in total. The number of anilines is 2. The van der Waals surface area contributed by atoms with E-state index in [0.29, 0.717) is 46.7 Å². The number of nitrogens with one attached hydrogen (secondary N) is 2. The third kappa shape index (κ3) is 6.75. The highest BCUT2D eigenvalue weighted by molar-refractivity contribution is 7.91. The summed E-state index contributed by atoms with van der Waals surface area (Å²) in [5.41, 5.74) is 3.68. The number of rotatable bonds is 12. The predicted molar refractivity (Wildman–Crippen MR) is 154 cm³/mol. The van der Waals surface area contributed by atoms with Gasteiger partial charge < -0.3 is 20.6 Å². The number of benzene rings is 3. The van der Waals surface area contributed by atoms with Crippen LogP contribution in [0.15, 0.2) is 71.6 Å². The Bertz CT molecular complexity index is 1530. The Morgan fingerprint density at radius 1 is 1.00 bits per heavy atom. The fourth-order valence-corrected chi connectivity index (χ4v) is 5.84. The molecule has 0 atom stereocenters. The minimum atomic E-state index is -3.48. The van der Waals surface area contributed by atoms with E-state index in [1.165, 1.54) is 30.3 Å². The molecule has 3 N–H and O–H groups in total.